The molecule has 1 aromatic carbocycles. The lowest BCUT2D eigenvalue weighted by Crippen LogP contribution is -2.36. The zero-order valence-corrected chi connectivity index (χ0v) is 15.6. The van der Waals surface area contributed by atoms with E-state index in [2.05, 4.69) is 43.8 Å². The molecule has 0 aliphatic carbocycles. The van der Waals surface area contributed by atoms with E-state index < -0.39 is 0 Å². The minimum Gasteiger partial charge on any atom is -0.487 e. The van der Waals surface area contributed by atoms with Crippen molar-refractivity contribution in [1.82, 2.24) is 19.4 Å². The molecular formula is C22H26N4O. The van der Waals surface area contributed by atoms with Gasteiger partial charge in [-0.25, -0.2) is 4.98 Å². The number of hydrogen-bond acceptors (Lipinski definition) is 4. The summed E-state index contributed by atoms with van der Waals surface area (Å²) in [6, 6.07) is 14.3. The average Bonchev–Trinajstić information content (AvgIpc) is 3.21. The van der Waals surface area contributed by atoms with Gasteiger partial charge in [0, 0.05) is 38.2 Å². The summed E-state index contributed by atoms with van der Waals surface area (Å²) in [7, 11) is 0. The lowest BCUT2D eigenvalue weighted by atomic mass is 9.97. The van der Waals surface area contributed by atoms with Crippen LogP contribution in [0.25, 0.3) is 0 Å². The first-order valence-electron chi connectivity index (χ1n) is 9.65. The Bertz CT molecular complexity index is 819. The topological polar surface area (TPSA) is 43.2 Å². The zero-order chi connectivity index (χ0) is 18.3. The number of piperidine rings is 1. The van der Waals surface area contributed by atoms with E-state index in [1.54, 1.807) is 6.20 Å². The third kappa shape index (κ3) is 5.17. The van der Waals surface area contributed by atoms with E-state index in [1.807, 2.05) is 36.8 Å². The normalized spacial score (nSPS) is 17.7. The molecule has 5 heteroatoms. The Balaban J connectivity index is 1.32. The first-order valence-corrected chi connectivity index (χ1v) is 9.65. The van der Waals surface area contributed by atoms with Gasteiger partial charge in [-0.05, 0) is 55.1 Å². The van der Waals surface area contributed by atoms with Gasteiger partial charge in [0.2, 0.25) is 0 Å². The van der Waals surface area contributed by atoms with Crippen LogP contribution in [0.3, 0.4) is 0 Å². The van der Waals surface area contributed by atoms with Gasteiger partial charge >= 0.3 is 0 Å². The van der Waals surface area contributed by atoms with Crippen molar-refractivity contribution in [2.75, 3.05) is 13.1 Å². The maximum Gasteiger partial charge on any atom is 0.130 e. The Morgan fingerprint density at radius 1 is 1.11 bits per heavy atom. The van der Waals surface area contributed by atoms with Crippen molar-refractivity contribution in [2.45, 2.75) is 32.5 Å². The van der Waals surface area contributed by atoms with Crippen LogP contribution in [-0.4, -0.2) is 32.5 Å². The predicted molar refractivity (Wildman–Crippen MR) is 105 cm³/mol. The van der Waals surface area contributed by atoms with Crippen molar-refractivity contribution < 1.29 is 4.74 Å². The van der Waals surface area contributed by atoms with Crippen molar-refractivity contribution in [3.63, 3.8) is 0 Å². The van der Waals surface area contributed by atoms with Crippen LogP contribution in [-0.2, 0) is 19.7 Å². The summed E-state index contributed by atoms with van der Waals surface area (Å²) in [4.78, 5) is 11.0. The van der Waals surface area contributed by atoms with Gasteiger partial charge < -0.3 is 9.30 Å². The second-order valence-corrected chi connectivity index (χ2v) is 7.26. The second-order valence-electron chi connectivity index (χ2n) is 7.26. The molecule has 3 aromatic rings. The predicted octanol–water partition coefficient (Wildman–Crippen LogP) is 3.77. The largest absolute Gasteiger partial charge is 0.487 e. The van der Waals surface area contributed by atoms with Gasteiger partial charge in [-0.3, -0.25) is 9.88 Å². The summed E-state index contributed by atoms with van der Waals surface area (Å²) in [5, 5.41) is 0. The van der Waals surface area contributed by atoms with Gasteiger partial charge in [0.05, 0.1) is 12.0 Å². The lowest BCUT2D eigenvalue weighted by molar-refractivity contribution is 0.156. The number of benzene rings is 1. The molecule has 0 spiro atoms. The van der Waals surface area contributed by atoms with Gasteiger partial charge in [-0.15, -0.1) is 0 Å². The Morgan fingerprint density at radius 2 is 2.11 bits per heavy atom. The van der Waals surface area contributed by atoms with Gasteiger partial charge in [-0.1, -0.05) is 18.2 Å². The summed E-state index contributed by atoms with van der Waals surface area (Å²) in [5.41, 5.74) is 2.25. The lowest BCUT2D eigenvalue weighted by Gasteiger charge is -2.33. The molecule has 27 heavy (non-hydrogen) atoms. The zero-order valence-electron chi connectivity index (χ0n) is 15.6. The van der Waals surface area contributed by atoms with Crippen LogP contribution >= 0.6 is 0 Å². The van der Waals surface area contributed by atoms with Crippen LogP contribution in [0.4, 0.5) is 0 Å². The van der Waals surface area contributed by atoms with Crippen molar-refractivity contribution >= 4 is 0 Å². The number of hydrogen-bond donors (Lipinski definition) is 0. The average molecular weight is 362 g/mol. The smallest absolute Gasteiger partial charge is 0.130 e. The van der Waals surface area contributed by atoms with E-state index in [0.717, 1.165) is 31.1 Å². The molecule has 140 valence electrons. The van der Waals surface area contributed by atoms with Gasteiger partial charge in [0.15, 0.2) is 0 Å². The summed E-state index contributed by atoms with van der Waals surface area (Å²) in [6.45, 7) is 4.84. The van der Waals surface area contributed by atoms with Gasteiger partial charge in [0.1, 0.15) is 12.4 Å². The second kappa shape index (κ2) is 8.82. The van der Waals surface area contributed by atoms with Crippen LogP contribution in [0.1, 0.15) is 24.1 Å². The summed E-state index contributed by atoms with van der Waals surface area (Å²) in [6.07, 6.45) is 10.2. The maximum atomic E-state index is 5.92. The van der Waals surface area contributed by atoms with Gasteiger partial charge in [0.25, 0.3) is 0 Å². The van der Waals surface area contributed by atoms with Crippen LogP contribution in [0.2, 0.25) is 0 Å². The van der Waals surface area contributed by atoms with Crippen molar-refractivity contribution in [1.29, 1.82) is 0 Å². The molecule has 1 saturated heterocycles. The third-order valence-electron chi connectivity index (χ3n) is 5.05. The quantitative estimate of drug-likeness (QED) is 0.642. The molecule has 5 nitrogen and oxygen atoms in total. The molecule has 0 radical (unpaired) electrons. The van der Waals surface area contributed by atoms with E-state index in [1.165, 1.54) is 24.9 Å². The summed E-state index contributed by atoms with van der Waals surface area (Å²) >= 11 is 0. The van der Waals surface area contributed by atoms with Gasteiger partial charge in [-0.2, -0.15) is 0 Å². The highest BCUT2D eigenvalue weighted by Gasteiger charge is 2.20. The van der Waals surface area contributed by atoms with E-state index >= 15 is 0 Å². The number of pyridine rings is 1. The van der Waals surface area contributed by atoms with E-state index in [4.69, 9.17) is 4.74 Å². The fourth-order valence-electron chi connectivity index (χ4n) is 3.77. The maximum absolute atomic E-state index is 5.92. The fraction of sp³-hybridized carbons (Fsp3) is 0.364. The highest BCUT2D eigenvalue weighted by Crippen LogP contribution is 2.22. The Hall–Kier alpha value is -2.66. The van der Waals surface area contributed by atoms with Crippen molar-refractivity contribution in [2.24, 2.45) is 5.92 Å². The highest BCUT2D eigenvalue weighted by atomic mass is 16.5. The summed E-state index contributed by atoms with van der Waals surface area (Å²) < 4.78 is 8.12. The molecule has 0 bridgehead atoms. The standard InChI is InChI=1S/C22H26N4O/c1-2-9-24-21(7-1)17-27-22-8-3-5-19(13-22)14-25-11-4-6-20(15-25)16-26-12-10-23-18-26/h1-3,5,7-10,12-13,18,20H,4,6,11,14-17H2/t20-/m1/s1. The molecular weight excluding hydrogens is 336 g/mol. The first kappa shape index (κ1) is 17.7. The molecule has 0 unspecified atom stereocenters. The number of nitrogens with zero attached hydrogens (tertiary/aromatic N) is 4. The first-order chi connectivity index (χ1) is 13.3. The van der Waals surface area contributed by atoms with Crippen LogP contribution in [0.5, 0.6) is 5.75 Å². The fourth-order valence-corrected chi connectivity index (χ4v) is 3.77. The Morgan fingerprint density at radius 3 is 2.96 bits per heavy atom. The molecule has 1 aliphatic heterocycles. The minimum absolute atomic E-state index is 0.501. The summed E-state index contributed by atoms with van der Waals surface area (Å²) in [5.74, 6) is 1.60. The van der Waals surface area contributed by atoms with Crippen molar-refractivity contribution in [3.8, 4) is 5.75 Å². The molecule has 0 N–H and O–H groups in total. The molecule has 2 aromatic heterocycles. The molecule has 4 rings (SSSR count). The van der Waals surface area contributed by atoms with E-state index in [9.17, 15) is 0 Å². The molecule has 1 aliphatic rings. The Kier molecular flexibility index (Phi) is 5.80. The molecule has 0 amide bonds. The molecule has 3 heterocycles. The van der Waals surface area contributed by atoms with Crippen molar-refractivity contribution in [3.05, 3.63) is 78.6 Å². The SMILES string of the molecule is c1ccc(COc2cccc(CN3CCC[C@@H](Cn4ccnc4)C3)c2)nc1. The van der Waals surface area contributed by atoms with Crippen LogP contribution < -0.4 is 4.74 Å². The third-order valence-corrected chi connectivity index (χ3v) is 5.05. The van der Waals surface area contributed by atoms with Crippen LogP contribution in [0.15, 0.2) is 67.4 Å². The van der Waals surface area contributed by atoms with E-state index in [0.29, 0.717) is 12.5 Å². The minimum atomic E-state index is 0.501. The van der Waals surface area contributed by atoms with E-state index in [-0.39, 0.29) is 0 Å². The number of ether oxygens (including phenoxy) is 1. The number of imidazole rings is 1. The Labute approximate surface area is 160 Å². The molecule has 0 saturated carbocycles. The van der Waals surface area contributed by atoms with Crippen LogP contribution in [0, 0.1) is 5.92 Å². The molecule has 1 fully saturated rings. The number of aromatic nitrogens is 3. The number of likely N-dealkylation sites (tertiary alicyclic amines) is 1. The highest BCUT2D eigenvalue weighted by molar-refractivity contribution is 5.28. The monoisotopic (exact) mass is 362 g/mol. The molecule has 1 atom stereocenters. The number of rotatable bonds is 7.